The van der Waals surface area contributed by atoms with Crippen LogP contribution in [0.2, 0.25) is 0 Å². The fraction of sp³-hybridized carbons (Fsp3) is 0.537. The molecule has 3 atom stereocenters. The van der Waals surface area contributed by atoms with E-state index in [0.717, 1.165) is 95.5 Å². The third kappa shape index (κ3) is 6.89. The summed E-state index contributed by atoms with van der Waals surface area (Å²) in [6.07, 6.45) is 3.74. The summed E-state index contributed by atoms with van der Waals surface area (Å²) in [6, 6.07) is 14.5. The summed E-state index contributed by atoms with van der Waals surface area (Å²) < 4.78 is 0. The highest BCUT2D eigenvalue weighted by molar-refractivity contribution is 6.06. The van der Waals surface area contributed by atoms with Gasteiger partial charge >= 0.3 is 0 Å². The number of piperidine rings is 3. The predicted molar refractivity (Wildman–Crippen MR) is 208 cm³/mol. The first-order chi connectivity index (χ1) is 26.6. The number of carbonyl (C=O) groups is 3. The van der Waals surface area contributed by atoms with E-state index in [9.17, 15) is 24.6 Å². The summed E-state index contributed by atoms with van der Waals surface area (Å²) in [7, 11) is 0. The maximum absolute atomic E-state index is 13.4. The smallest absolute Gasteiger partial charge is 0.257 e. The highest BCUT2D eigenvalue weighted by atomic mass is 16.3. The average molecular weight is 750 g/mol. The quantitative estimate of drug-likeness (QED) is 0.262. The van der Waals surface area contributed by atoms with E-state index < -0.39 is 18.2 Å². The van der Waals surface area contributed by atoms with Crippen molar-refractivity contribution in [2.75, 3.05) is 80.6 Å². The Hall–Kier alpha value is -4.79. The Labute approximate surface area is 321 Å². The van der Waals surface area contributed by atoms with Crippen LogP contribution in [0, 0.1) is 11.3 Å². The molecule has 55 heavy (non-hydrogen) atoms. The second-order valence-corrected chi connectivity index (χ2v) is 16.8. The number of fused-ring (bicyclic) bond motifs is 4. The van der Waals surface area contributed by atoms with Gasteiger partial charge in [0.05, 0.1) is 17.4 Å². The number of phenolic OH excluding ortho intramolecular Hbond substituents is 1. The molecule has 0 aliphatic carbocycles. The Morgan fingerprint density at radius 3 is 2.47 bits per heavy atom. The van der Waals surface area contributed by atoms with Crippen molar-refractivity contribution in [3.8, 4) is 17.0 Å². The van der Waals surface area contributed by atoms with E-state index >= 15 is 0 Å². The molecule has 0 saturated carbocycles. The zero-order valence-electron chi connectivity index (χ0n) is 31.5. The van der Waals surface area contributed by atoms with Crippen molar-refractivity contribution in [3.63, 3.8) is 0 Å². The Balaban J connectivity index is 0.744. The second-order valence-electron chi connectivity index (χ2n) is 16.8. The molecule has 6 aliphatic heterocycles. The van der Waals surface area contributed by atoms with Crippen LogP contribution < -0.4 is 20.4 Å². The van der Waals surface area contributed by atoms with Gasteiger partial charge in [0, 0.05) is 81.2 Å². The zero-order chi connectivity index (χ0) is 37.8. The van der Waals surface area contributed by atoms with Gasteiger partial charge in [0.1, 0.15) is 11.8 Å². The third-order valence-corrected chi connectivity index (χ3v) is 13.1. The molecule has 4 N–H and O–H groups in total. The number of carbonyl (C=O) groups excluding carboxylic acids is 3. The number of benzene rings is 2. The molecule has 2 aromatic carbocycles. The molecule has 290 valence electrons. The number of aliphatic hydroxyl groups is 1. The van der Waals surface area contributed by atoms with E-state index in [0.29, 0.717) is 34.3 Å². The van der Waals surface area contributed by atoms with E-state index in [1.165, 1.54) is 17.7 Å². The fourth-order valence-electron chi connectivity index (χ4n) is 9.84. The lowest BCUT2D eigenvalue weighted by Gasteiger charge is -2.49. The lowest BCUT2D eigenvalue weighted by Crippen LogP contribution is -2.59. The van der Waals surface area contributed by atoms with Crippen molar-refractivity contribution in [2.45, 2.75) is 63.8 Å². The van der Waals surface area contributed by atoms with Crippen molar-refractivity contribution in [3.05, 3.63) is 59.7 Å². The summed E-state index contributed by atoms with van der Waals surface area (Å²) in [5.41, 5.74) is 4.66. The molecule has 3 amide bonds. The number of phenols is 1. The first-order valence-corrected chi connectivity index (χ1v) is 20.0. The third-order valence-electron chi connectivity index (χ3n) is 13.1. The van der Waals surface area contributed by atoms with Crippen molar-refractivity contribution in [1.29, 1.82) is 0 Å². The number of likely N-dealkylation sites (tertiary alicyclic amines) is 1. The predicted octanol–water partition coefficient (Wildman–Crippen LogP) is 3.04. The molecule has 0 bridgehead atoms. The highest BCUT2D eigenvalue weighted by Gasteiger charge is 2.45. The van der Waals surface area contributed by atoms with Crippen LogP contribution in [0.4, 0.5) is 17.2 Å². The monoisotopic (exact) mass is 749 g/mol. The lowest BCUT2D eigenvalue weighted by molar-refractivity contribution is -0.139. The molecule has 0 spiro atoms. The number of aromatic hydroxyl groups is 1. The summed E-state index contributed by atoms with van der Waals surface area (Å²) in [6.45, 7) is 12.6. The normalized spacial score (nSPS) is 26.0. The van der Waals surface area contributed by atoms with Gasteiger partial charge in [-0.05, 0) is 86.9 Å². The SMILES string of the molecule is CC1(CN2CCN3c4cc(-c5ccccc5O)nnc4NC[C@H]3C2)CCN(CC2CCN(c3ccc4c(c3)C(=O)N(C3CCC(=O)NC3=O)C4O)CC2)CC1. The Morgan fingerprint density at radius 1 is 0.891 bits per heavy atom. The van der Waals surface area contributed by atoms with Crippen molar-refractivity contribution in [1.82, 2.24) is 30.2 Å². The van der Waals surface area contributed by atoms with Gasteiger partial charge in [0.2, 0.25) is 11.8 Å². The Bertz CT molecular complexity index is 1980. The number of hydrogen-bond acceptors (Lipinski definition) is 12. The minimum atomic E-state index is -1.20. The van der Waals surface area contributed by atoms with Gasteiger partial charge in [-0.2, -0.15) is 0 Å². The van der Waals surface area contributed by atoms with Crippen LogP contribution in [0.5, 0.6) is 5.75 Å². The number of piperazine rings is 1. The van der Waals surface area contributed by atoms with Crippen LogP contribution in [0.3, 0.4) is 0 Å². The molecule has 0 radical (unpaired) electrons. The second kappa shape index (κ2) is 14.4. The molecule has 4 saturated heterocycles. The average Bonchev–Trinajstić information content (AvgIpc) is 3.43. The number of aromatic nitrogens is 2. The summed E-state index contributed by atoms with van der Waals surface area (Å²) >= 11 is 0. The van der Waals surface area contributed by atoms with E-state index in [1.807, 2.05) is 36.4 Å². The van der Waals surface area contributed by atoms with Crippen LogP contribution in [-0.4, -0.2) is 130 Å². The van der Waals surface area contributed by atoms with Crippen LogP contribution in [0.1, 0.15) is 67.6 Å². The lowest BCUT2D eigenvalue weighted by atomic mass is 9.79. The molecule has 3 aromatic rings. The van der Waals surface area contributed by atoms with Gasteiger partial charge in [0.25, 0.3) is 5.91 Å². The van der Waals surface area contributed by atoms with Gasteiger partial charge in [-0.25, -0.2) is 0 Å². The number of nitrogens with one attached hydrogen (secondary N) is 2. The molecule has 6 aliphatic rings. The van der Waals surface area contributed by atoms with Gasteiger partial charge in [0.15, 0.2) is 12.0 Å². The maximum atomic E-state index is 13.4. The van der Waals surface area contributed by atoms with Crippen LogP contribution >= 0.6 is 0 Å². The van der Waals surface area contributed by atoms with E-state index in [2.05, 4.69) is 53.4 Å². The zero-order valence-corrected chi connectivity index (χ0v) is 31.5. The minimum absolute atomic E-state index is 0.148. The van der Waals surface area contributed by atoms with Crippen molar-refractivity contribution in [2.24, 2.45) is 11.3 Å². The van der Waals surface area contributed by atoms with E-state index in [-0.39, 0.29) is 35.8 Å². The number of amides is 3. The number of aliphatic hydroxyl groups excluding tert-OH is 1. The number of rotatable bonds is 7. The van der Waals surface area contributed by atoms with E-state index in [1.54, 1.807) is 6.07 Å². The molecule has 9 rings (SSSR count). The van der Waals surface area contributed by atoms with Gasteiger partial charge < -0.3 is 30.2 Å². The minimum Gasteiger partial charge on any atom is -0.507 e. The molecule has 2 unspecified atom stereocenters. The summed E-state index contributed by atoms with van der Waals surface area (Å²) in [5, 5.41) is 36.1. The highest BCUT2D eigenvalue weighted by Crippen LogP contribution is 2.40. The first-order valence-electron chi connectivity index (χ1n) is 20.0. The number of hydrogen-bond donors (Lipinski definition) is 4. The van der Waals surface area contributed by atoms with Crippen molar-refractivity contribution < 1.29 is 24.6 Å². The Kier molecular flexibility index (Phi) is 9.38. The topological polar surface area (TPSA) is 158 Å². The maximum Gasteiger partial charge on any atom is 0.257 e. The molecular formula is C41H51N9O5. The van der Waals surface area contributed by atoms with Crippen LogP contribution in [0.25, 0.3) is 11.3 Å². The Morgan fingerprint density at radius 2 is 1.69 bits per heavy atom. The summed E-state index contributed by atoms with van der Waals surface area (Å²) in [5.74, 6) is 0.419. The van der Waals surface area contributed by atoms with Gasteiger partial charge in [-0.15, -0.1) is 10.2 Å². The van der Waals surface area contributed by atoms with Gasteiger partial charge in [-0.1, -0.05) is 25.1 Å². The number of para-hydroxylation sites is 1. The standard InChI is InChI=1S/C41H51N9O5/c1-41(25-47-18-19-49-28(24-47)22-42-37-34(49)21-32(44-45-37)30-4-2-3-5-35(30)51)12-16-46(17-13-41)23-26-10-14-48(15-11-26)27-6-7-29-31(20-27)40(55)50(39(29)54)33-8-9-36(52)43-38(33)53/h2-7,20-21,26,28,33,39,51,54H,8-19,22-25H2,1H3,(H,42,45)(H,43,52,53)/t28-,33?,39?/m0/s1. The molecule has 7 heterocycles. The largest absolute Gasteiger partial charge is 0.507 e. The summed E-state index contributed by atoms with van der Waals surface area (Å²) in [4.78, 5) is 48.9. The molecule has 1 aromatic heterocycles. The first kappa shape index (κ1) is 35.9. The molecular weight excluding hydrogens is 699 g/mol. The number of nitrogens with zero attached hydrogens (tertiary/aromatic N) is 7. The number of anilines is 3. The van der Waals surface area contributed by atoms with Crippen molar-refractivity contribution >= 4 is 34.9 Å². The van der Waals surface area contributed by atoms with Gasteiger partial charge in [-0.3, -0.25) is 29.5 Å². The van der Waals surface area contributed by atoms with Crippen LogP contribution in [-0.2, 0) is 9.59 Å². The van der Waals surface area contributed by atoms with Crippen LogP contribution in [0.15, 0.2) is 48.5 Å². The number of imide groups is 1. The van der Waals surface area contributed by atoms with E-state index in [4.69, 9.17) is 0 Å². The fourth-order valence-corrected chi connectivity index (χ4v) is 9.84. The molecule has 14 heteroatoms. The molecule has 14 nitrogen and oxygen atoms in total. The molecule has 4 fully saturated rings.